The van der Waals surface area contributed by atoms with Crippen LogP contribution in [-0.2, 0) is 12.4 Å². The van der Waals surface area contributed by atoms with Crippen molar-refractivity contribution >= 4 is 17.4 Å². The molecule has 0 radical (unpaired) electrons. The second-order valence-electron chi connectivity index (χ2n) is 4.70. The number of benzene rings is 1. The fraction of sp³-hybridized carbons (Fsp3) is 0.312. The molecule has 0 spiro atoms. The van der Waals surface area contributed by atoms with Crippen molar-refractivity contribution in [3.8, 4) is 11.5 Å². The zero-order chi connectivity index (χ0) is 15.2. The topological polar surface area (TPSA) is 34.6 Å². The zero-order valence-corrected chi connectivity index (χ0v) is 13.2. The first-order valence-electron chi connectivity index (χ1n) is 6.61. The summed E-state index contributed by atoms with van der Waals surface area (Å²) in [5, 5.41) is 0. The summed E-state index contributed by atoms with van der Waals surface area (Å²) in [6.07, 6.45) is 1.80. The lowest BCUT2D eigenvalue weighted by Crippen LogP contribution is -2.17. The van der Waals surface area contributed by atoms with E-state index in [1.807, 2.05) is 37.4 Å². The summed E-state index contributed by atoms with van der Waals surface area (Å²) in [5.41, 5.74) is 2.14. The maximum Gasteiger partial charge on any atom is 0.161 e. The van der Waals surface area contributed by atoms with Crippen LogP contribution >= 0.6 is 11.6 Å². The number of pyridine rings is 1. The van der Waals surface area contributed by atoms with Gasteiger partial charge in [0.25, 0.3) is 0 Å². The van der Waals surface area contributed by atoms with Gasteiger partial charge in [0.2, 0.25) is 0 Å². The van der Waals surface area contributed by atoms with E-state index in [-0.39, 0.29) is 0 Å². The van der Waals surface area contributed by atoms with Gasteiger partial charge in [-0.15, -0.1) is 11.6 Å². The van der Waals surface area contributed by atoms with Gasteiger partial charge in [0.15, 0.2) is 11.5 Å². The highest BCUT2D eigenvalue weighted by Gasteiger charge is 2.08. The zero-order valence-electron chi connectivity index (χ0n) is 12.5. The Morgan fingerprint density at radius 2 is 1.76 bits per heavy atom. The number of ether oxygens (including phenoxy) is 2. The molecule has 2 rings (SSSR count). The molecule has 2 aromatic rings. The van der Waals surface area contributed by atoms with Crippen LogP contribution < -0.4 is 14.4 Å². The third-order valence-corrected chi connectivity index (χ3v) is 3.53. The molecule has 4 nitrogen and oxygen atoms in total. The first kappa shape index (κ1) is 15.4. The van der Waals surface area contributed by atoms with Crippen molar-refractivity contribution in [2.45, 2.75) is 12.4 Å². The lowest BCUT2D eigenvalue weighted by atomic mass is 10.2. The Bertz CT molecular complexity index is 587. The summed E-state index contributed by atoms with van der Waals surface area (Å²) in [4.78, 5) is 6.48. The Morgan fingerprint density at radius 3 is 2.33 bits per heavy atom. The highest BCUT2D eigenvalue weighted by molar-refractivity contribution is 6.17. The molecule has 0 atom stereocenters. The average molecular weight is 307 g/mol. The predicted molar refractivity (Wildman–Crippen MR) is 85.4 cm³/mol. The van der Waals surface area contributed by atoms with E-state index >= 15 is 0 Å². The van der Waals surface area contributed by atoms with E-state index in [0.717, 1.165) is 35.0 Å². The lowest BCUT2D eigenvalue weighted by Gasteiger charge is -2.19. The first-order valence-corrected chi connectivity index (χ1v) is 7.14. The van der Waals surface area contributed by atoms with Crippen LogP contribution in [0.25, 0.3) is 0 Å². The molecule has 1 aromatic heterocycles. The minimum atomic E-state index is 0.479. The van der Waals surface area contributed by atoms with Gasteiger partial charge in [0.05, 0.1) is 14.2 Å². The number of hydrogen-bond acceptors (Lipinski definition) is 4. The minimum Gasteiger partial charge on any atom is -0.493 e. The van der Waals surface area contributed by atoms with Gasteiger partial charge in [-0.05, 0) is 29.3 Å². The van der Waals surface area contributed by atoms with E-state index in [1.54, 1.807) is 20.4 Å². The van der Waals surface area contributed by atoms with Crippen molar-refractivity contribution in [1.29, 1.82) is 0 Å². The molecule has 1 heterocycles. The Labute approximate surface area is 130 Å². The number of halogens is 1. The average Bonchev–Trinajstić information content (AvgIpc) is 2.54. The number of alkyl halides is 1. The van der Waals surface area contributed by atoms with Gasteiger partial charge in [-0.2, -0.15) is 0 Å². The van der Waals surface area contributed by atoms with E-state index in [9.17, 15) is 0 Å². The maximum absolute atomic E-state index is 5.77. The van der Waals surface area contributed by atoms with E-state index in [1.165, 1.54) is 0 Å². The van der Waals surface area contributed by atoms with Crippen LogP contribution in [0.4, 0.5) is 5.82 Å². The summed E-state index contributed by atoms with van der Waals surface area (Å²) >= 11 is 5.77. The predicted octanol–water partition coefficient (Wildman–Crippen LogP) is 3.47. The summed E-state index contributed by atoms with van der Waals surface area (Å²) in [5.74, 6) is 2.84. The number of anilines is 1. The Kier molecular flexibility index (Phi) is 5.28. The van der Waals surface area contributed by atoms with Crippen molar-refractivity contribution < 1.29 is 9.47 Å². The molecule has 0 aliphatic heterocycles. The van der Waals surface area contributed by atoms with E-state index in [4.69, 9.17) is 21.1 Å². The van der Waals surface area contributed by atoms with Gasteiger partial charge in [-0.1, -0.05) is 12.1 Å². The summed E-state index contributed by atoms with van der Waals surface area (Å²) in [6, 6.07) is 9.86. The number of hydrogen-bond donors (Lipinski definition) is 0. The van der Waals surface area contributed by atoms with Gasteiger partial charge in [0.1, 0.15) is 5.82 Å². The Morgan fingerprint density at radius 1 is 1.05 bits per heavy atom. The van der Waals surface area contributed by atoms with Gasteiger partial charge >= 0.3 is 0 Å². The molecule has 1 aromatic carbocycles. The second kappa shape index (κ2) is 7.18. The monoisotopic (exact) mass is 306 g/mol. The molecule has 0 saturated carbocycles. The van der Waals surface area contributed by atoms with Gasteiger partial charge in [-0.3, -0.25) is 0 Å². The van der Waals surface area contributed by atoms with E-state index < -0.39 is 0 Å². The summed E-state index contributed by atoms with van der Waals surface area (Å²) in [6.45, 7) is 0.730. The normalized spacial score (nSPS) is 10.3. The fourth-order valence-electron chi connectivity index (χ4n) is 2.06. The molecule has 0 aliphatic carbocycles. The number of nitrogens with zero attached hydrogens (tertiary/aromatic N) is 2. The van der Waals surface area contributed by atoms with Crippen molar-refractivity contribution in [3.05, 3.63) is 47.7 Å². The molecule has 0 N–H and O–H groups in total. The highest BCUT2D eigenvalue weighted by atomic mass is 35.5. The number of aromatic nitrogens is 1. The Hall–Kier alpha value is -1.94. The molecular weight excluding hydrogens is 288 g/mol. The molecule has 0 fully saturated rings. The molecule has 0 unspecified atom stereocenters. The van der Waals surface area contributed by atoms with Gasteiger partial charge < -0.3 is 14.4 Å². The molecule has 112 valence electrons. The van der Waals surface area contributed by atoms with Gasteiger partial charge in [-0.25, -0.2) is 4.98 Å². The van der Waals surface area contributed by atoms with Crippen LogP contribution in [0, 0.1) is 0 Å². The van der Waals surface area contributed by atoms with Crippen LogP contribution in [0.2, 0.25) is 0 Å². The van der Waals surface area contributed by atoms with Crippen molar-refractivity contribution in [2.75, 3.05) is 26.2 Å². The largest absolute Gasteiger partial charge is 0.493 e. The summed E-state index contributed by atoms with van der Waals surface area (Å²) < 4.78 is 10.6. The molecule has 0 saturated heterocycles. The van der Waals surface area contributed by atoms with Crippen LogP contribution in [-0.4, -0.2) is 26.3 Å². The standard InChI is InChI=1S/C16H19ClN2O2/c1-19(16-7-5-13(9-17)10-18-16)11-12-4-6-14(20-2)15(8-12)21-3/h4-8,10H,9,11H2,1-3H3. The third-order valence-electron chi connectivity index (χ3n) is 3.22. The van der Waals surface area contributed by atoms with Crippen LogP contribution in [0.3, 0.4) is 0 Å². The van der Waals surface area contributed by atoms with E-state index in [0.29, 0.717) is 5.88 Å². The lowest BCUT2D eigenvalue weighted by molar-refractivity contribution is 0.354. The van der Waals surface area contributed by atoms with Crippen LogP contribution in [0.15, 0.2) is 36.5 Å². The molecular formula is C16H19ClN2O2. The SMILES string of the molecule is COc1ccc(CN(C)c2ccc(CCl)cn2)cc1OC. The quantitative estimate of drug-likeness (QED) is 0.765. The molecule has 0 aliphatic rings. The smallest absolute Gasteiger partial charge is 0.161 e. The van der Waals surface area contributed by atoms with Crippen molar-refractivity contribution in [2.24, 2.45) is 0 Å². The fourth-order valence-corrected chi connectivity index (χ4v) is 2.21. The molecule has 21 heavy (non-hydrogen) atoms. The number of rotatable bonds is 6. The second-order valence-corrected chi connectivity index (χ2v) is 4.97. The van der Waals surface area contributed by atoms with Crippen LogP contribution in [0.1, 0.15) is 11.1 Å². The summed E-state index contributed by atoms with van der Waals surface area (Å²) in [7, 11) is 5.27. The third kappa shape index (κ3) is 3.79. The van der Waals surface area contributed by atoms with E-state index in [2.05, 4.69) is 9.88 Å². The molecule has 5 heteroatoms. The van der Waals surface area contributed by atoms with Gasteiger partial charge in [0, 0.05) is 25.7 Å². The Balaban J connectivity index is 2.12. The highest BCUT2D eigenvalue weighted by Crippen LogP contribution is 2.28. The van der Waals surface area contributed by atoms with Crippen molar-refractivity contribution in [1.82, 2.24) is 4.98 Å². The van der Waals surface area contributed by atoms with Crippen molar-refractivity contribution in [3.63, 3.8) is 0 Å². The molecule has 0 amide bonds. The first-order chi connectivity index (χ1) is 10.2. The number of methoxy groups -OCH3 is 2. The molecule has 0 bridgehead atoms. The maximum atomic E-state index is 5.77. The van der Waals surface area contributed by atoms with Crippen LogP contribution in [0.5, 0.6) is 11.5 Å². The minimum absolute atomic E-state index is 0.479.